The van der Waals surface area contributed by atoms with Crippen molar-refractivity contribution >= 4 is 23.3 Å². The lowest BCUT2D eigenvalue weighted by Gasteiger charge is -2.43. The van der Waals surface area contributed by atoms with Gasteiger partial charge in [-0.05, 0) is 42.2 Å². The Morgan fingerprint density at radius 1 is 0.846 bits per heavy atom. The highest BCUT2D eigenvalue weighted by Crippen LogP contribution is 2.57. The van der Waals surface area contributed by atoms with Crippen molar-refractivity contribution in [2.75, 3.05) is 4.90 Å². The molecule has 2 amide bonds. The molecule has 130 valence electrons. The molecular formula is C22H19NO3. The van der Waals surface area contributed by atoms with E-state index in [9.17, 15) is 14.4 Å². The Morgan fingerprint density at radius 2 is 1.54 bits per heavy atom. The standard InChI is InChI=1S/C22H19NO3/c1-11-6-5-9-16(12(11)2)23-21(25)19-15-10-17(24)18(20(19)22(23)26)14-8-4-3-7-13(14)15/h3-9,15,18-20H,10H2,1-2H3/t15-,18-,19+,20+/m1/s1. The number of ketones is 1. The summed E-state index contributed by atoms with van der Waals surface area (Å²) in [6, 6.07) is 13.5. The highest BCUT2D eigenvalue weighted by molar-refractivity contribution is 6.25. The van der Waals surface area contributed by atoms with Crippen LogP contribution in [-0.4, -0.2) is 17.6 Å². The second kappa shape index (κ2) is 5.13. The van der Waals surface area contributed by atoms with E-state index in [1.807, 2.05) is 56.3 Å². The fourth-order valence-electron chi connectivity index (χ4n) is 5.17. The van der Waals surface area contributed by atoms with Crippen LogP contribution in [0, 0.1) is 25.7 Å². The summed E-state index contributed by atoms with van der Waals surface area (Å²) in [5, 5.41) is 0. The molecule has 4 atom stereocenters. The average molecular weight is 345 g/mol. The zero-order valence-electron chi connectivity index (χ0n) is 14.7. The van der Waals surface area contributed by atoms with Crippen LogP contribution >= 0.6 is 0 Å². The van der Waals surface area contributed by atoms with Crippen molar-refractivity contribution in [2.45, 2.75) is 32.1 Å². The van der Waals surface area contributed by atoms with E-state index < -0.39 is 17.8 Å². The van der Waals surface area contributed by atoms with Gasteiger partial charge in [0.05, 0.1) is 23.4 Å². The fourth-order valence-corrected chi connectivity index (χ4v) is 5.17. The highest BCUT2D eigenvalue weighted by Gasteiger charge is 2.62. The first-order valence-corrected chi connectivity index (χ1v) is 9.06. The molecule has 0 unspecified atom stereocenters. The number of amides is 2. The Morgan fingerprint density at radius 3 is 2.31 bits per heavy atom. The van der Waals surface area contributed by atoms with E-state index in [2.05, 4.69) is 0 Å². The summed E-state index contributed by atoms with van der Waals surface area (Å²) in [6.45, 7) is 3.90. The second-order valence-electron chi connectivity index (χ2n) is 7.67. The van der Waals surface area contributed by atoms with Crippen LogP contribution in [0.5, 0.6) is 0 Å². The molecule has 0 aromatic heterocycles. The number of hydrogen-bond acceptors (Lipinski definition) is 3. The summed E-state index contributed by atoms with van der Waals surface area (Å²) in [4.78, 5) is 40.7. The number of nitrogens with zero attached hydrogens (tertiary/aromatic N) is 1. The molecule has 2 aromatic carbocycles. The summed E-state index contributed by atoms with van der Waals surface area (Å²) in [7, 11) is 0. The number of benzene rings is 2. The van der Waals surface area contributed by atoms with E-state index in [1.165, 1.54) is 4.90 Å². The second-order valence-corrected chi connectivity index (χ2v) is 7.67. The third-order valence-electron chi connectivity index (χ3n) is 6.51. The molecule has 6 rings (SSSR count). The molecule has 4 heteroatoms. The first-order chi connectivity index (χ1) is 12.5. The Hall–Kier alpha value is -2.75. The van der Waals surface area contributed by atoms with Gasteiger partial charge in [-0.1, -0.05) is 36.4 Å². The molecule has 26 heavy (non-hydrogen) atoms. The number of fused-ring (bicyclic) bond motifs is 1. The summed E-state index contributed by atoms with van der Waals surface area (Å²) < 4.78 is 0. The van der Waals surface area contributed by atoms with E-state index in [-0.39, 0.29) is 23.5 Å². The highest BCUT2D eigenvalue weighted by atomic mass is 16.2. The van der Waals surface area contributed by atoms with Crippen LogP contribution < -0.4 is 4.90 Å². The number of Topliss-reactive ketones (excluding diaryl/α,β-unsaturated/α-hetero) is 1. The molecular weight excluding hydrogens is 326 g/mol. The molecule has 0 N–H and O–H groups in total. The van der Waals surface area contributed by atoms with Gasteiger partial charge in [0, 0.05) is 12.3 Å². The maximum Gasteiger partial charge on any atom is 0.238 e. The minimum atomic E-state index is -0.552. The topological polar surface area (TPSA) is 54.5 Å². The van der Waals surface area contributed by atoms with Gasteiger partial charge in [-0.15, -0.1) is 0 Å². The minimum Gasteiger partial charge on any atom is -0.299 e. The van der Waals surface area contributed by atoms with Crippen molar-refractivity contribution < 1.29 is 14.4 Å². The third-order valence-corrected chi connectivity index (χ3v) is 6.51. The van der Waals surface area contributed by atoms with Crippen molar-refractivity contribution in [3.05, 3.63) is 64.7 Å². The molecule has 4 aliphatic rings. The van der Waals surface area contributed by atoms with E-state index in [1.54, 1.807) is 0 Å². The van der Waals surface area contributed by atoms with Crippen molar-refractivity contribution in [2.24, 2.45) is 11.8 Å². The van der Waals surface area contributed by atoms with Gasteiger partial charge in [0.1, 0.15) is 5.78 Å². The van der Waals surface area contributed by atoms with E-state index >= 15 is 0 Å². The predicted molar refractivity (Wildman–Crippen MR) is 96.9 cm³/mol. The first kappa shape index (κ1) is 15.5. The number of hydrogen-bond donors (Lipinski definition) is 0. The van der Waals surface area contributed by atoms with Crippen LogP contribution in [0.2, 0.25) is 0 Å². The summed E-state index contributed by atoms with van der Waals surface area (Å²) >= 11 is 0. The monoisotopic (exact) mass is 345 g/mol. The number of carbonyl (C=O) groups is 3. The minimum absolute atomic E-state index is 0.0962. The molecule has 3 aliphatic carbocycles. The van der Waals surface area contributed by atoms with Crippen LogP contribution in [0.1, 0.15) is 40.5 Å². The Kier molecular flexibility index (Phi) is 3.06. The third kappa shape index (κ3) is 1.77. The lowest BCUT2D eigenvalue weighted by molar-refractivity contribution is -0.134. The SMILES string of the molecule is Cc1cccc(N2C(=O)[C@@H]3[C@@H](C2=O)[C@H]2C(=O)C[C@@H]3c3ccccc32)c1C. The molecule has 2 aromatic rings. The zero-order valence-corrected chi connectivity index (χ0v) is 14.7. The van der Waals surface area contributed by atoms with E-state index in [0.717, 1.165) is 22.3 Å². The van der Waals surface area contributed by atoms with Crippen molar-refractivity contribution in [1.82, 2.24) is 0 Å². The molecule has 1 saturated carbocycles. The average Bonchev–Trinajstić information content (AvgIpc) is 2.90. The number of anilines is 1. The van der Waals surface area contributed by atoms with Gasteiger partial charge in [0.2, 0.25) is 11.8 Å². The molecule has 1 heterocycles. The van der Waals surface area contributed by atoms with Crippen molar-refractivity contribution in [1.29, 1.82) is 0 Å². The van der Waals surface area contributed by atoms with Gasteiger partial charge in [-0.3, -0.25) is 14.4 Å². The summed E-state index contributed by atoms with van der Waals surface area (Å²) in [5.74, 6) is -1.90. The van der Waals surface area contributed by atoms with E-state index in [0.29, 0.717) is 12.1 Å². The molecule has 2 fully saturated rings. The van der Waals surface area contributed by atoms with Crippen molar-refractivity contribution in [3.8, 4) is 0 Å². The van der Waals surface area contributed by atoms with Gasteiger partial charge in [0.15, 0.2) is 0 Å². The molecule has 0 spiro atoms. The summed E-state index contributed by atoms with van der Waals surface area (Å²) in [6.07, 6.45) is 0.364. The largest absolute Gasteiger partial charge is 0.299 e. The first-order valence-electron chi connectivity index (χ1n) is 9.06. The maximum atomic E-state index is 13.3. The van der Waals surface area contributed by atoms with Gasteiger partial charge >= 0.3 is 0 Å². The number of carbonyl (C=O) groups excluding carboxylic acids is 3. The van der Waals surface area contributed by atoms with Gasteiger partial charge in [-0.25, -0.2) is 4.90 Å². The molecule has 4 nitrogen and oxygen atoms in total. The lowest BCUT2D eigenvalue weighted by atomic mass is 9.56. The van der Waals surface area contributed by atoms with Gasteiger partial charge in [-0.2, -0.15) is 0 Å². The number of aryl methyl sites for hydroxylation is 1. The Balaban J connectivity index is 1.68. The quantitative estimate of drug-likeness (QED) is 0.746. The molecule has 1 saturated heterocycles. The normalized spacial score (nSPS) is 29.2. The van der Waals surface area contributed by atoms with Gasteiger partial charge < -0.3 is 0 Å². The molecule has 0 radical (unpaired) electrons. The van der Waals surface area contributed by atoms with E-state index in [4.69, 9.17) is 0 Å². The maximum absolute atomic E-state index is 13.3. The van der Waals surface area contributed by atoms with Crippen molar-refractivity contribution in [3.63, 3.8) is 0 Å². The van der Waals surface area contributed by atoms with Crippen LogP contribution in [0.3, 0.4) is 0 Å². The Bertz CT molecular complexity index is 993. The van der Waals surface area contributed by atoms with Crippen LogP contribution in [0.15, 0.2) is 42.5 Å². The fraction of sp³-hybridized carbons (Fsp3) is 0.318. The predicted octanol–water partition coefficient (Wildman–Crippen LogP) is 3.26. The zero-order chi connectivity index (χ0) is 18.2. The summed E-state index contributed by atoms with van der Waals surface area (Å²) in [5.41, 5.74) is 4.65. The number of imide groups is 1. The molecule has 2 bridgehead atoms. The van der Waals surface area contributed by atoms with Crippen LogP contribution in [0.4, 0.5) is 5.69 Å². The van der Waals surface area contributed by atoms with Crippen LogP contribution in [0.25, 0.3) is 0 Å². The lowest BCUT2D eigenvalue weighted by Crippen LogP contribution is -2.44. The Labute approximate surface area is 151 Å². The number of rotatable bonds is 1. The van der Waals surface area contributed by atoms with Crippen LogP contribution in [-0.2, 0) is 14.4 Å². The smallest absolute Gasteiger partial charge is 0.238 e. The van der Waals surface area contributed by atoms with Gasteiger partial charge in [0.25, 0.3) is 0 Å². The molecule has 1 aliphatic heterocycles.